The number of rotatable bonds is 4. The van der Waals surface area contributed by atoms with Gasteiger partial charge in [0.2, 0.25) is 0 Å². The van der Waals surface area contributed by atoms with Crippen molar-refractivity contribution in [2.24, 2.45) is 0 Å². The van der Waals surface area contributed by atoms with Crippen molar-refractivity contribution in [3.8, 4) is 0 Å². The lowest BCUT2D eigenvalue weighted by Gasteiger charge is -2.02. The van der Waals surface area contributed by atoms with Crippen LogP contribution in [-0.4, -0.2) is 15.9 Å². The van der Waals surface area contributed by atoms with Crippen molar-refractivity contribution in [2.75, 3.05) is 0 Å². The van der Waals surface area contributed by atoms with Gasteiger partial charge in [0.25, 0.3) is 0 Å². The van der Waals surface area contributed by atoms with E-state index in [4.69, 9.17) is 20.8 Å². The summed E-state index contributed by atoms with van der Waals surface area (Å²) in [4.78, 5) is 19.2. The fourth-order valence-corrected chi connectivity index (χ4v) is 2.27. The summed E-state index contributed by atoms with van der Waals surface area (Å²) in [6.45, 7) is 5.45. The number of pyridine rings is 1. The first-order valence-electron chi connectivity index (χ1n) is 7.71. The number of hydrogen-bond acceptors (Lipinski definition) is 5. The van der Waals surface area contributed by atoms with Crippen LogP contribution in [0.3, 0.4) is 0 Å². The Kier molecular flexibility index (Phi) is 6.32. The smallest absolute Gasteiger partial charge is 0.303 e. The molecule has 5 nitrogen and oxygen atoms in total. The maximum atomic E-state index is 10.8. The lowest BCUT2D eigenvalue weighted by atomic mass is 10.1. The first-order chi connectivity index (χ1) is 11.6. The molecule has 0 aliphatic carbocycles. The number of oxazole rings is 1. The predicted molar refractivity (Wildman–Crippen MR) is 92.9 cm³/mol. The zero-order valence-electron chi connectivity index (χ0n) is 13.9. The first-order valence-corrected chi connectivity index (χ1v) is 8.09. The van der Waals surface area contributed by atoms with Gasteiger partial charge in [0.1, 0.15) is 0 Å². The second-order valence-electron chi connectivity index (χ2n) is 4.86. The summed E-state index contributed by atoms with van der Waals surface area (Å²) in [5.41, 5.74) is 1.92. The van der Waals surface area contributed by atoms with Gasteiger partial charge >= 0.3 is 5.97 Å². The molecule has 0 spiro atoms. The largest absolute Gasteiger partial charge is 0.458 e. The number of halogens is 1. The lowest BCUT2D eigenvalue weighted by Crippen LogP contribution is -1.97. The number of ether oxygens (including phenoxy) is 1. The number of aromatic nitrogens is 2. The van der Waals surface area contributed by atoms with Gasteiger partial charge in [-0.3, -0.25) is 9.78 Å². The van der Waals surface area contributed by atoms with Gasteiger partial charge in [0.05, 0.1) is 16.7 Å². The number of benzene rings is 1. The monoisotopic (exact) mass is 346 g/mol. The highest BCUT2D eigenvalue weighted by Gasteiger charge is 2.07. The van der Waals surface area contributed by atoms with Gasteiger partial charge in [-0.05, 0) is 23.8 Å². The van der Waals surface area contributed by atoms with Crippen molar-refractivity contribution in [1.29, 1.82) is 0 Å². The third-order valence-electron chi connectivity index (χ3n) is 3.09. The van der Waals surface area contributed by atoms with E-state index in [0.717, 1.165) is 16.5 Å². The predicted octanol–water partition coefficient (Wildman–Crippen LogP) is 4.56. The Bertz CT molecular complexity index is 830. The minimum atomic E-state index is -0.350. The van der Waals surface area contributed by atoms with Crippen molar-refractivity contribution in [3.05, 3.63) is 58.9 Å². The van der Waals surface area contributed by atoms with Gasteiger partial charge in [-0.1, -0.05) is 31.5 Å². The molecule has 126 valence electrons. The van der Waals surface area contributed by atoms with E-state index in [1.54, 1.807) is 12.4 Å². The summed E-state index contributed by atoms with van der Waals surface area (Å²) in [7, 11) is 0. The molecule has 0 N–H and O–H groups in total. The van der Waals surface area contributed by atoms with Gasteiger partial charge in [0, 0.05) is 24.9 Å². The molecule has 0 atom stereocenters. The molecule has 0 aliphatic rings. The highest BCUT2D eigenvalue weighted by atomic mass is 35.5. The highest BCUT2D eigenvalue weighted by Crippen LogP contribution is 2.20. The molecule has 6 heteroatoms. The normalized spacial score (nSPS) is 10.2. The van der Waals surface area contributed by atoms with Gasteiger partial charge in [0.15, 0.2) is 18.3 Å². The van der Waals surface area contributed by atoms with Crippen molar-refractivity contribution in [1.82, 2.24) is 9.97 Å². The Balaban J connectivity index is 0.00000100. The third-order valence-corrected chi connectivity index (χ3v) is 3.29. The van der Waals surface area contributed by atoms with Crippen LogP contribution in [0.4, 0.5) is 0 Å². The molecule has 3 aromatic rings. The van der Waals surface area contributed by atoms with E-state index in [1.165, 1.54) is 6.92 Å². The van der Waals surface area contributed by atoms with Crippen molar-refractivity contribution in [3.63, 3.8) is 0 Å². The fourth-order valence-electron chi connectivity index (χ4n) is 2.11. The average molecular weight is 347 g/mol. The quantitative estimate of drug-likeness (QED) is 0.648. The van der Waals surface area contributed by atoms with E-state index in [-0.39, 0.29) is 12.6 Å². The van der Waals surface area contributed by atoms with E-state index in [0.29, 0.717) is 23.1 Å². The number of fused-ring (bicyclic) bond motifs is 1. The van der Waals surface area contributed by atoms with Crippen LogP contribution in [0.1, 0.15) is 38.0 Å². The minimum absolute atomic E-state index is 0.0968. The molecular formula is C18H19ClN2O3. The fraction of sp³-hybridized carbons (Fsp3) is 0.278. The molecule has 3 rings (SSSR count). The summed E-state index contributed by atoms with van der Waals surface area (Å²) >= 11 is 5.96. The van der Waals surface area contributed by atoms with Crippen LogP contribution in [0.2, 0.25) is 5.02 Å². The van der Waals surface area contributed by atoms with Crippen LogP contribution in [0, 0.1) is 0 Å². The zero-order chi connectivity index (χ0) is 17.5. The lowest BCUT2D eigenvalue weighted by molar-refractivity contribution is -0.142. The topological polar surface area (TPSA) is 65.2 Å². The number of carbonyl (C=O) groups excluding carboxylic acids is 1. The molecule has 0 unspecified atom stereocenters. The maximum Gasteiger partial charge on any atom is 0.303 e. The van der Waals surface area contributed by atoms with E-state index < -0.39 is 0 Å². The van der Waals surface area contributed by atoms with Crippen LogP contribution < -0.4 is 0 Å². The molecule has 2 heterocycles. The van der Waals surface area contributed by atoms with Gasteiger partial charge < -0.3 is 9.15 Å². The number of hydrogen-bond donors (Lipinski definition) is 0. The van der Waals surface area contributed by atoms with E-state index in [9.17, 15) is 4.79 Å². The molecule has 0 amide bonds. The Hall–Kier alpha value is -2.40. The number of esters is 1. The molecule has 0 aliphatic heterocycles. The second-order valence-corrected chi connectivity index (χ2v) is 5.29. The summed E-state index contributed by atoms with van der Waals surface area (Å²) in [5.74, 6) is 0.740. The molecule has 0 bridgehead atoms. The summed E-state index contributed by atoms with van der Waals surface area (Å²) in [6, 6.07) is 7.78. The van der Waals surface area contributed by atoms with Crippen LogP contribution in [0.15, 0.2) is 41.1 Å². The standard InChI is InChI=1S/C16H13ClN2O3.C2H6/c1-10(20)21-9-14-8-19-16(22-14)5-11-2-3-15-12(4-11)6-13(17)7-18-15;1-2/h2-4,6-8H,5,9H2,1H3;1-2H3. The maximum absolute atomic E-state index is 10.8. The summed E-state index contributed by atoms with van der Waals surface area (Å²) in [5, 5.41) is 1.57. The van der Waals surface area contributed by atoms with Gasteiger partial charge in [-0.15, -0.1) is 0 Å². The third kappa shape index (κ3) is 4.80. The van der Waals surface area contributed by atoms with Crippen LogP contribution >= 0.6 is 11.6 Å². The molecule has 0 saturated heterocycles. The van der Waals surface area contributed by atoms with Gasteiger partial charge in [-0.25, -0.2) is 4.98 Å². The molecule has 0 saturated carbocycles. The summed E-state index contributed by atoms with van der Waals surface area (Å²) in [6.07, 6.45) is 3.74. The first kappa shape index (κ1) is 17.9. The van der Waals surface area contributed by atoms with E-state index >= 15 is 0 Å². The SMILES string of the molecule is CC.CC(=O)OCc1cnc(Cc2ccc3ncc(Cl)cc3c2)o1. The summed E-state index contributed by atoms with van der Waals surface area (Å²) < 4.78 is 10.4. The van der Waals surface area contributed by atoms with Crippen molar-refractivity contribution >= 4 is 28.5 Å². The number of nitrogens with zero attached hydrogens (tertiary/aromatic N) is 2. The molecule has 1 aromatic carbocycles. The average Bonchev–Trinajstić information content (AvgIpc) is 3.02. The zero-order valence-corrected chi connectivity index (χ0v) is 14.6. The highest BCUT2D eigenvalue weighted by molar-refractivity contribution is 6.31. The van der Waals surface area contributed by atoms with Crippen molar-refractivity contribution in [2.45, 2.75) is 33.8 Å². The molecule has 0 fully saturated rings. The molecule has 24 heavy (non-hydrogen) atoms. The minimum Gasteiger partial charge on any atom is -0.458 e. The van der Waals surface area contributed by atoms with E-state index in [2.05, 4.69) is 9.97 Å². The van der Waals surface area contributed by atoms with Crippen molar-refractivity contribution < 1.29 is 13.9 Å². The van der Waals surface area contributed by atoms with Crippen LogP contribution in [0.5, 0.6) is 0 Å². The Morgan fingerprint density at radius 2 is 2.00 bits per heavy atom. The van der Waals surface area contributed by atoms with E-state index in [1.807, 2.05) is 38.1 Å². The Labute approximate surface area is 145 Å². The Morgan fingerprint density at radius 1 is 1.21 bits per heavy atom. The van der Waals surface area contributed by atoms with Crippen LogP contribution in [-0.2, 0) is 22.6 Å². The molecule has 0 radical (unpaired) electrons. The second kappa shape index (κ2) is 8.45. The number of carbonyl (C=O) groups is 1. The van der Waals surface area contributed by atoms with Gasteiger partial charge in [-0.2, -0.15) is 0 Å². The Morgan fingerprint density at radius 3 is 2.75 bits per heavy atom. The molecule has 2 aromatic heterocycles. The molecular weight excluding hydrogens is 328 g/mol. The van der Waals surface area contributed by atoms with Crippen LogP contribution in [0.25, 0.3) is 10.9 Å².